The Morgan fingerprint density at radius 1 is 1.47 bits per heavy atom. The lowest BCUT2D eigenvalue weighted by Gasteiger charge is -1.96. The second-order valence-electron chi connectivity index (χ2n) is 3.83. The van der Waals surface area contributed by atoms with Gasteiger partial charge in [0, 0.05) is 7.05 Å². The fourth-order valence-electron chi connectivity index (χ4n) is 1.55. The number of aryl methyl sites for hydroxylation is 2. The van der Waals surface area contributed by atoms with Gasteiger partial charge in [-0.05, 0) is 18.9 Å². The molecule has 17 heavy (non-hydrogen) atoms. The van der Waals surface area contributed by atoms with Crippen LogP contribution in [-0.2, 0) is 13.5 Å². The minimum atomic E-state index is -0.202. The number of rotatable bonds is 4. The molecule has 0 fully saturated rings. The Hall–Kier alpha value is -1.36. The van der Waals surface area contributed by atoms with E-state index in [4.69, 9.17) is 16.1 Å². The van der Waals surface area contributed by atoms with Crippen molar-refractivity contribution < 1.29 is 4.52 Å². The van der Waals surface area contributed by atoms with E-state index < -0.39 is 0 Å². The van der Waals surface area contributed by atoms with Crippen LogP contribution in [0.15, 0.2) is 10.6 Å². The Labute approximate surface area is 105 Å². The van der Waals surface area contributed by atoms with Gasteiger partial charge in [0.05, 0.1) is 11.1 Å². The van der Waals surface area contributed by atoms with Crippen LogP contribution in [0.1, 0.15) is 37.2 Å². The molecule has 2 heterocycles. The quantitative estimate of drug-likeness (QED) is 0.788. The van der Waals surface area contributed by atoms with Crippen LogP contribution in [0.4, 0.5) is 0 Å². The summed E-state index contributed by atoms with van der Waals surface area (Å²) in [5.74, 6) is 0.997. The molecule has 0 aliphatic rings. The van der Waals surface area contributed by atoms with E-state index in [-0.39, 0.29) is 5.38 Å². The van der Waals surface area contributed by atoms with Gasteiger partial charge in [0.15, 0.2) is 5.82 Å². The molecule has 0 radical (unpaired) electrons. The molecule has 5 nitrogen and oxygen atoms in total. The van der Waals surface area contributed by atoms with E-state index in [2.05, 4.69) is 22.2 Å². The average Bonchev–Trinajstić information content (AvgIpc) is 2.94. The second kappa shape index (κ2) is 4.87. The largest absolute Gasteiger partial charge is 0.332 e. The summed E-state index contributed by atoms with van der Waals surface area (Å²) in [5.41, 5.74) is 1.82. The molecule has 0 bridgehead atoms. The molecule has 6 heteroatoms. The molecule has 1 atom stereocenters. The highest BCUT2D eigenvalue weighted by atomic mass is 35.5. The van der Waals surface area contributed by atoms with Crippen LogP contribution in [0, 0.1) is 0 Å². The van der Waals surface area contributed by atoms with Gasteiger partial charge in [-0.3, -0.25) is 4.68 Å². The Morgan fingerprint density at radius 2 is 2.24 bits per heavy atom. The Balaban J connectivity index is 2.33. The van der Waals surface area contributed by atoms with Crippen LogP contribution in [0.2, 0.25) is 0 Å². The molecule has 0 aromatic carbocycles. The molecular weight excluding hydrogens is 240 g/mol. The topological polar surface area (TPSA) is 56.7 Å². The molecule has 0 spiro atoms. The molecule has 0 saturated carbocycles. The third-order valence-electron chi connectivity index (χ3n) is 2.59. The van der Waals surface area contributed by atoms with Crippen LogP contribution in [0.5, 0.6) is 0 Å². The maximum atomic E-state index is 6.06. The zero-order chi connectivity index (χ0) is 12.4. The van der Waals surface area contributed by atoms with Crippen LogP contribution in [0.25, 0.3) is 11.6 Å². The number of alkyl halides is 1. The van der Waals surface area contributed by atoms with E-state index in [1.807, 2.05) is 20.0 Å². The van der Waals surface area contributed by atoms with Crippen molar-refractivity contribution in [2.45, 2.75) is 32.1 Å². The zero-order valence-electron chi connectivity index (χ0n) is 10.1. The van der Waals surface area contributed by atoms with Crippen molar-refractivity contribution in [1.82, 2.24) is 19.9 Å². The summed E-state index contributed by atoms with van der Waals surface area (Å²) in [4.78, 5) is 4.29. The first-order chi connectivity index (χ1) is 8.15. The van der Waals surface area contributed by atoms with Crippen molar-refractivity contribution in [2.24, 2.45) is 7.05 Å². The summed E-state index contributed by atoms with van der Waals surface area (Å²) in [7, 11) is 1.86. The zero-order valence-corrected chi connectivity index (χ0v) is 10.9. The van der Waals surface area contributed by atoms with E-state index in [1.54, 1.807) is 4.68 Å². The van der Waals surface area contributed by atoms with Crippen LogP contribution in [0.3, 0.4) is 0 Å². The van der Waals surface area contributed by atoms with Gasteiger partial charge < -0.3 is 4.52 Å². The summed E-state index contributed by atoms with van der Waals surface area (Å²) >= 11 is 6.06. The maximum Gasteiger partial charge on any atom is 0.276 e. The van der Waals surface area contributed by atoms with Gasteiger partial charge in [-0.1, -0.05) is 19.0 Å². The predicted molar refractivity (Wildman–Crippen MR) is 64.8 cm³/mol. The summed E-state index contributed by atoms with van der Waals surface area (Å²) in [6, 6.07) is 1.95. The summed E-state index contributed by atoms with van der Waals surface area (Å²) in [5, 5.41) is 8.01. The number of hydrogen-bond acceptors (Lipinski definition) is 4. The Kier molecular flexibility index (Phi) is 3.47. The van der Waals surface area contributed by atoms with Gasteiger partial charge in [-0.25, -0.2) is 0 Å². The van der Waals surface area contributed by atoms with E-state index in [9.17, 15) is 0 Å². The molecule has 2 aromatic heterocycles. The fourth-order valence-corrected chi connectivity index (χ4v) is 1.64. The van der Waals surface area contributed by atoms with Crippen molar-refractivity contribution in [3.63, 3.8) is 0 Å². The molecule has 0 aliphatic carbocycles. The summed E-state index contributed by atoms with van der Waals surface area (Å²) < 4.78 is 6.95. The molecule has 0 N–H and O–H groups in total. The van der Waals surface area contributed by atoms with Crippen molar-refractivity contribution in [3.8, 4) is 11.6 Å². The van der Waals surface area contributed by atoms with Crippen molar-refractivity contribution in [3.05, 3.63) is 17.6 Å². The van der Waals surface area contributed by atoms with Gasteiger partial charge in [0.1, 0.15) is 5.69 Å². The van der Waals surface area contributed by atoms with E-state index in [0.717, 1.165) is 24.2 Å². The molecule has 2 aromatic rings. The van der Waals surface area contributed by atoms with Gasteiger partial charge in [-0.15, -0.1) is 11.6 Å². The third-order valence-corrected chi connectivity index (χ3v) is 3.10. The van der Waals surface area contributed by atoms with Crippen molar-refractivity contribution in [1.29, 1.82) is 0 Å². The highest BCUT2D eigenvalue weighted by Crippen LogP contribution is 2.24. The third kappa shape index (κ3) is 2.34. The van der Waals surface area contributed by atoms with Gasteiger partial charge in [0.25, 0.3) is 5.89 Å². The first kappa shape index (κ1) is 12.1. The molecule has 0 amide bonds. The van der Waals surface area contributed by atoms with Gasteiger partial charge in [0.2, 0.25) is 0 Å². The van der Waals surface area contributed by atoms with E-state index in [1.165, 1.54) is 0 Å². The second-order valence-corrected chi connectivity index (χ2v) is 4.36. The normalized spacial score (nSPS) is 12.9. The number of aromatic nitrogens is 4. The monoisotopic (exact) mass is 254 g/mol. The highest BCUT2D eigenvalue weighted by molar-refractivity contribution is 6.20. The van der Waals surface area contributed by atoms with E-state index >= 15 is 0 Å². The Morgan fingerprint density at radius 3 is 2.82 bits per heavy atom. The molecule has 2 rings (SSSR count). The molecular formula is C11H15ClN4O. The lowest BCUT2D eigenvalue weighted by Crippen LogP contribution is -1.95. The van der Waals surface area contributed by atoms with Crippen LogP contribution >= 0.6 is 11.6 Å². The smallest absolute Gasteiger partial charge is 0.276 e. The van der Waals surface area contributed by atoms with Gasteiger partial charge in [-0.2, -0.15) is 10.1 Å². The number of hydrogen-bond donors (Lipinski definition) is 0. The standard InChI is InChI=1S/C11H15ClN4O/c1-4-7-6-9(16(3)14-7)11-13-10(15-17-11)8(12)5-2/h6,8H,4-5H2,1-3H3. The predicted octanol–water partition coefficient (Wildman–Crippen LogP) is 2.72. The molecule has 0 saturated heterocycles. The molecule has 0 aliphatic heterocycles. The molecule has 1 unspecified atom stereocenters. The Bertz CT molecular complexity index is 505. The number of nitrogens with zero attached hydrogens (tertiary/aromatic N) is 4. The summed E-state index contributed by atoms with van der Waals surface area (Å²) in [6.07, 6.45) is 1.65. The number of halogens is 1. The minimum absolute atomic E-state index is 0.202. The van der Waals surface area contributed by atoms with Crippen molar-refractivity contribution in [2.75, 3.05) is 0 Å². The van der Waals surface area contributed by atoms with Gasteiger partial charge >= 0.3 is 0 Å². The van der Waals surface area contributed by atoms with Crippen LogP contribution in [-0.4, -0.2) is 19.9 Å². The SMILES string of the molecule is CCc1cc(-c2nc(C(Cl)CC)no2)n(C)n1. The first-order valence-corrected chi connectivity index (χ1v) is 6.10. The maximum absolute atomic E-state index is 6.06. The highest BCUT2D eigenvalue weighted by Gasteiger charge is 2.17. The lowest BCUT2D eigenvalue weighted by molar-refractivity contribution is 0.418. The van der Waals surface area contributed by atoms with E-state index in [0.29, 0.717) is 11.7 Å². The first-order valence-electron chi connectivity index (χ1n) is 5.66. The fraction of sp³-hybridized carbons (Fsp3) is 0.545. The summed E-state index contributed by atoms with van der Waals surface area (Å²) in [6.45, 7) is 4.03. The molecule has 92 valence electrons. The van der Waals surface area contributed by atoms with Crippen LogP contribution < -0.4 is 0 Å². The minimum Gasteiger partial charge on any atom is -0.332 e. The average molecular weight is 255 g/mol. The van der Waals surface area contributed by atoms with Crippen molar-refractivity contribution >= 4 is 11.6 Å². The lowest BCUT2D eigenvalue weighted by atomic mass is 10.3.